The smallest absolute Gasteiger partial charge is 0.220 e. The molecule has 0 aromatic carbocycles. The minimum absolute atomic E-state index is 0.280. The molecular weight excluding hydrogens is 288 g/mol. The van der Waals surface area contributed by atoms with Crippen LogP contribution in [-0.4, -0.2) is 26.0 Å². The van der Waals surface area contributed by atoms with E-state index in [0.29, 0.717) is 6.04 Å². The maximum absolute atomic E-state index is 5.73. The second kappa shape index (κ2) is 5.87. The molecule has 0 saturated heterocycles. The molecule has 1 aliphatic carbocycles. The van der Waals surface area contributed by atoms with Crippen molar-refractivity contribution >= 4 is 22.7 Å². The molecule has 118 valence electrons. The maximum Gasteiger partial charge on any atom is 0.220 e. The number of nitrogens with two attached hydrogens (primary N) is 1. The molecule has 0 unspecified atom stereocenters. The first-order valence-electron chi connectivity index (χ1n) is 8.13. The number of aromatic nitrogens is 4. The molecule has 1 aliphatic rings. The summed E-state index contributed by atoms with van der Waals surface area (Å²) in [5.74, 6) is 0.280. The van der Waals surface area contributed by atoms with Gasteiger partial charge in [-0.25, -0.2) is 15.0 Å². The Morgan fingerprint density at radius 3 is 2.74 bits per heavy atom. The van der Waals surface area contributed by atoms with Gasteiger partial charge in [0.15, 0.2) is 0 Å². The number of hydrogen-bond acceptors (Lipinski definition) is 5. The van der Waals surface area contributed by atoms with Crippen LogP contribution in [0.25, 0.3) is 22.3 Å². The Morgan fingerprint density at radius 1 is 1.09 bits per heavy atom. The topological polar surface area (TPSA) is 92.5 Å². The first-order valence-corrected chi connectivity index (χ1v) is 8.13. The molecule has 6 heteroatoms. The van der Waals surface area contributed by atoms with Crippen molar-refractivity contribution in [2.24, 2.45) is 0 Å². The van der Waals surface area contributed by atoms with Gasteiger partial charge in [-0.15, -0.1) is 0 Å². The Kier molecular flexibility index (Phi) is 3.57. The molecule has 0 radical (unpaired) electrons. The predicted molar refractivity (Wildman–Crippen MR) is 92.0 cm³/mol. The Balaban J connectivity index is 1.77. The van der Waals surface area contributed by atoms with Gasteiger partial charge in [0, 0.05) is 35.9 Å². The van der Waals surface area contributed by atoms with E-state index in [9.17, 15) is 0 Å². The molecule has 0 bridgehead atoms. The zero-order valence-corrected chi connectivity index (χ0v) is 12.9. The van der Waals surface area contributed by atoms with Crippen molar-refractivity contribution in [3.63, 3.8) is 0 Å². The van der Waals surface area contributed by atoms with Gasteiger partial charge in [0.05, 0.1) is 11.1 Å². The summed E-state index contributed by atoms with van der Waals surface area (Å²) in [7, 11) is 0. The van der Waals surface area contributed by atoms with Gasteiger partial charge < -0.3 is 16.0 Å². The minimum atomic E-state index is 0.280. The van der Waals surface area contributed by atoms with Crippen LogP contribution in [0.15, 0.2) is 30.7 Å². The number of fused-ring (bicyclic) bond motifs is 1. The molecule has 6 nitrogen and oxygen atoms in total. The Hall–Kier alpha value is -2.63. The van der Waals surface area contributed by atoms with Crippen LogP contribution in [0.5, 0.6) is 0 Å². The summed E-state index contributed by atoms with van der Waals surface area (Å²) in [6.45, 7) is 0. The van der Waals surface area contributed by atoms with Gasteiger partial charge in [-0.3, -0.25) is 0 Å². The molecule has 0 aliphatic heterocycles. The van der Waals surface area contributed by atoms with Crippen molar-refractivity contribution in [3.8, 4) is 11.3 Å². The molecule has 4 rings (SSSR count). The zero-order valence-electron chi connectivity index (χ0n) is 12.9. The standard InChI is InChI=1S/C17H20N6/c18-17-20-9-6-13(23-17)12-10-21-16-15(12)14(7-8-19-16)22-11-4-2-1-3-5-11/h6-11H,1-5H2,(H2,18,20,23)(H2,19,21,22). The zero-order chi connectivity index (χ0) is 15.6. The summed E-state index contributed by atoms with van der Waals surface area (Å²) in [4.78, 5) is 16.0. The number of nitrogens with one attached hydrogen (secondary N) is 2. The first-order chi connectivity index (χ1) is 11.3. The summed E-state index contributed by atoms with van der Waals surface area (Å²) >= 11 is 0. The number of anilines is 2. The van der Waals surface area contributed by atoms with Crippen molar-refractivity contribution in [2.45, 2.75) is 38.1 Å². The second-order valence-corrected chi connectivity index (χ2v) is 6.06. The van der Waals surface area contributed by atoms with E-state index in [1.54, 1.807) is 6.20 Å². The van der Waals surface area contributed by atoms with Crippen LogP contribution in [0.1, 0.15) is 32.1 Å². The molecule has 3 aromatic rings. The van der Waals surface area contributed by atoms with Gasteiger partial charge in [-0.05, 0) is 25.0 Å². The monoisotopic (exact) mass is 308 g/mol. The van der Waals surface area contributed by atoms with E-state index in [1.165, 1.54) is 32.1 Å². The summed E-state index contributed by atoms with van der Waals surface area (Å²) in [6, 6.07) is 4.45. The average molecular weight is 308 g/mol. The van der Waals surface area contributed by atoms with Crippen LogP contribution in [0, 0.1) is 0 Å². The second-order valence-electron chi connectivity index (χ2n) is 6.06. The van der Waals surface area contributed by atoms with E-state index in [1.807, 2.05) is 24.5 Å². The number of pyridine rings is 1. The lowest BCUT2D eigenvalue weighted by Gasteiger charge is -2.24. The summed E-state index contributed by atoms with van der Waals surface area (Å²) < 4.78 is 0. The number of hydrogen-bond donors (Lipinski definition) is 3. The summed E-state index contributed by atoms with van der Waals surface area (Å²) in [6.07, 6.45) is 11.9. The number of rotatable bonds is 3. The van der Waals surface area contributed by atoms with E-state index in [0.717, 1.165) is 28.0 Å². The van der Waals surface area contributed by atoms with Gasteiger partial charge in [-0.2, -0.15) is 0 Å². The number of nitrogens with zero attached hydrogens (tertiary/aromatic N) is 3. The number of aromatic amines is 1. The Morgan fingerprint density at radius 2 is 1.91 bits per heavy atom. The van der Waals surface area contributed by atoms with Crippen LogP contribution in [0.4, 0.5) is 11.6 Å². The molecule has 1 fully saturated rings. The fourth-order valence-electron chi connectivity index (χ4n) is 3.37. The van der Waals surface area contributed by atoms with Crippen molar-refractivity contribution < 1.29 is 0 Å². The van der Waals surface area contributed by atoms with Crippen molar-refractivity contribution in [2.75, 3.05) is 11.1 Å². The van der Waals surface area contributed by atoms with Crippen molar-refractivity contribution in [3.05, 3.63) is 30.7 Å². The van der Waals surface area contributed by atoms with Gasteiger partial charge in [0.1, 0.15) is 5.65 Å². The number of nitrogen functional groups attached to an aromatic ring is 1. The van der Waals surface area contributed by atoms with Gasteiger partial charge in [-0.1, -0.05) is 19.3 Å². The predicted octanol–water partition coefficient (Wildman–Crippen LogP) is 3.35. The average Bonchev–Trinajstić information content (AvgIpc) is 3.01. The summed E-state index contributed by atoms with van der Waals surface area (Å²) in [5.41, 5.74) is 9.51. The Bertz CT molecular complexity index is 819. The highest BCUT2D eigenvalue weighted by Crippen LogP contribution is 2.33. The third kappa shape index (κ3) is 2.72. The molecule has 1 saturated carbocycles. The SMILES string of the molecule is Nc1nccc(-c2c[nH]c3nccc(NC4CCCCC4)c23)n1. The van der Waals surface area contributed by atoms with E-state index >= 15 is 0 Å². The highest BCUT2D eigenvalue weighted by atomic mass is 15.0. The fourth-order valence-corrected chi connectivity index (χ4v) is 3.37. The third-order valence-electron chi connectivity index (χ3n) is 4.49. The van der Waals surface area contributed by atoms with Gasteiger partial charge in [0.2, 0.25) is 5.95 Å². The lowest BCUT2D eigenvalue weighted by atomic mass is 9.95. The molecule has 0 spiro atoms. The lowest BCUT2D eigenvalue weighted by Crippen LogP contribution is -2.22. The van der Waals surface area contributed by atoms with Crippen molar-refractivity contribution in [1.82, 2.24) is 19.9 Å². The first kappa shape index (κ1) is 14.0. The van der Waals surface area contributed by atoms with Gasteiger partial charge in [0.25, 0.3) is 0 Å². The van der Waals surface area contributed by atoms with E-state index in [2.05, 4.69) is 25.3 Å². The highest BCUT2D eigenvalue weighted by molar-refractivity contribution is 6.01. The molecule has 3 aromatic heterocycles. The minimum Gasteiger partial charge on any atom is -0.382 e. The van der Waals surface area contributed by atoms with Gasteiger partial charge >= 0.3 is 0 Å². The van der Waals surface area contributed by atoms with Crippen molar-refractivity contribution in [1.29, 1.82) is 0 Å². The maximum atomic E-state index is 5.73. The van der Waals surface area contributed by atoms with E-state index in [4.69, 9.17) is 5.73 Å². The van der Waals surface area contributed by atoms with Crippen LogP contribution >= 0.6 is 0 Å². The highest BCUT2D eigenvalue weighted by Gasteiger charge is 2.17. The normalized spacial score (nSPS) is 15.8. The largest absolute Gasteiger partial charge is 0.382 e. The van der Waals surface area contributed by atoms with Crippen LogP contribution < -0.4 is 11.1 Å². The molecular formula is C17H20N6. The molecule has 0 amide bonds. The molecule has 0 atom stereocenters. The molecule has 23 heavy (non-hydrogen) atoms. The summed E-state index contributed by atoms with van der Waals surface area (Å²) in [5, 5.41) is 4.77. The number of H-pyrrole nitrogens is 1. The molecule has 3 heterocycles. The van der Waals surface area contributed by atoms with E-state index in [-0.39, 0.29) is 5.95 Å². The quantitative estimate of drug-likeness (QED) is 0.690. The lowest BCUT2D eigenvalue weighted by molar-refractivity contribution is 0.463. The van der Waals surface area contributed by atoms with E-state index < -0.39 is 0 Å². The Labute approximate surface area is 134 Å². The van der Waals surface area contributed by atoms with Crippen LogP contribution in [0.3, 0.4) is 0 Å². The van der Waals surface area contributed by atoms with Crippen LogP contribution in [0.2, 0.25) is 0 Å². The van der Waals surface area contributed by atoms with Crippen LogP contribution in [-0.2, 0) is 0 Å². The third-order valence-corrected chi connectivity index (χ3v) is 4.49. The molecule has 4 N–H and O–H groups in total. The fraction of sp³-hybridized carbons (Fsp3) is 0.353.